The summed E-state index contributed by atoms with van der Waals surface area (Å²) in [6.45, 7) is 6.50. The molecule has 0 heterocycles. The first-order chi connectivity index (χ1) is 39.0. The molecule has 0 saturated heterocycles. The van der Waals surface area contributed by atoms with Crippen LogP contribution in [0.2, 0.25) is 0 Å². The van der Waals surface area contributed by atoms with Gasteiger partial charge in [-0.2, -0.15) is 0 Å². The highest BCUT2D eigenvalue weighted by Crippen LogP contribution is 2.17. The van der Waals surface area contributed by atoms with E-state index in [1.165, 1.54) is 180 Å². The van der Waals surface area contributed by atoms with Crippen LogP contribution in [0.1, 0.15) is 329 Å². The van der Waals surface area contributed by atoms with Crippen LogP contribution in [0.3, 0.4) is 0 Å². The van der Waals surface area contributed by atoms with Gasteiger partial charge in [-0.05, 0) is 103 Å². The zero-order valence-electron chi connectivity index (χ0n) is 52.1. The summed E-state index contributed by atoms with van der Waals surface area (Å²) in [7, 11) is 0. The van der Waals surface area contributed by atoms with Gasteiger partial charge in [0.2, 0.25) is 0 Å². The summed E-state index contributed by atoms with van der Waals surface area (Å²) in [5, 5.41) is 0. The molecule has 0 aromatic heterocycles. The molecule has 0 rings (SSSR count). The van der Waals surface area contributed by atoms with Crippen LogP contribution in [-0.4, -0.2) is 37.2 Å². The number of allylic oxidation sites excluding steroid dienone is 16. The summed E-state index contributed by atoms with van der Waals surface area (Å²) in [4.78, 5) is 38.1. The number of carbonyl (C=O) groups excluding carboxylic acids is 3. The van der Waals surface area contributed by atoms with Crippen molar-refractivity contribution in [1.29, 1.82) is 0 Å². The lowest BCUT2D eigenvalue weighted by Crippen LogP contribution is -2.30. The molecule has 1 unspecified atom stereocenters. The lowest BCUT2D eigenvalue weighted by molar-refractivity contribution is -0.167. The van der Waals surface area contributed by atoms with Crippen molar-refractivity contribution >= 4 is 17.9 Å². The van der Waals surface area contributed by atoms with Gasteiger partial charge in [-0.3, -0.25) is 14.4 Å². The quantitative estimate of drug-likeness (QED) is 0.0261. The fourth-order valence-corrected chi connectivity index (χ4v) is 9.54. The van der Waals surface area contributed by atoms with Crippen molar-refractivity contribution in [2.24, 2.45) is 0 Å². The van der Waals surface area contributed by atoms with Crippen molar-refractivity contribution in [1.82, 2.24) is 0 Å². The predicted molar refractivity (Wildman–Crippen MR) is 344 cm³/mol. The Morgan fingerprint density at radius 1 is 0.266 bits per heavy atom. The van der Waals surface area contributed by atoms with Gasteiger partial charge in [0.1, 0.15) is 13.2 Å². The second kappa shape index (κ2) is 66.8. The summed E-state index contributed by atoms with van der Waals surface area (Å²) in [5.41, 5.74) is 0. The predicted octanol–water partition coefficient (Wildman–Crippen LogP) is 23.2. The van der Waals surface area contributed by atoms with Crippen LogP contribution in [-0.2, 0) is 28.6 Å². The number of ether oxygens (including phenoxy) is 3. The van der Waals surface area contributed by atoms with Gasteiger partial charge in [0.05, 0.1) is 0 Å². The molecule has 454 valence electrons. The lowest BCUT2D eigenvalue weighted by atomic mass is 10.0. The van der Waals surface area contributed by atoms with E-state index in [0.717, 1.165) is 109 Å². The second-order valence-electron chi connectivity index (χ2n) is 22.4. The van der Waals surface area contributed by atoms with E-state index in [9.17, 15) is 14.4 Å². The van der Waals surface area contributed by atoms with Crippen LogP contribution >= 0.6 is 0 Å². The Labute approximate surface area is 489 Å². The average Bonchev–Trinajstić information content (AvgIpc) is 3.45. The van der Waals surface area contributed by atoms with Crippen LogP contribution in [0.15, 0.2) is 97.2 Å². The maximum absolute atomic E-state index is 12.9. The molecular weight excluding hydrogens is 973 g/mol. The normalized spacial score (nSPS) is 12.7. The summed E-state index contributed by atoms with van der Waals surface area (Å²) >= 11 is 0. The maximum Gasteiger partial charge on any atom is 0.306 e. The molecular formula is C73H126O6. The summed E-state index contributed by atoms with van der Waals surface area (Å²) in [5.74, 6) is -0.880. The second-order valence-corrected chi connectivity index (χ2v) is 22.4. The highest BCUT2D eigenvalue weighted by atomic mass is 16.6. The Hall–Kier alpha value is -3.67. The lowest BCUT2D eigenvalue weighted by Gasteiger charge is -2.18. The third-order valence-electron chi connectivity index (χ3n) is 14.6. The number of esters is 3. The topological polar surface area (TPSA) is 78.9 Å². The first-order valence-corrected chi connectivity index (χ1v) is 33.7. The molecule has 0 N–H and O–H groups in total. The molecule has 0 radical (unpaired) electrons. The smallest absolute Gasteiger partial charge is 0.306 e. The Bertz CT molecular complexity index is 1540. The molecule has 0 spiro atoms. The van der Waals surface area contributed by atoms with Gasteiger partial charge < -0.3 is 14.2 Å². The summed E-state index contributed by atoms with van der Waals surface area (Å²) < 4.78 is 16.9. The standard InChI is InChI=1S/C73H126O6/c1-4-7-10-13-16-18-20-22-24-26-28-30-32-34-35-36-37-39-40-42-44-46-48-50-52-54-57-60-63-66-72(75)78-69-70(68-77-71(74)65-62-59-56-15-12-9-6-3)79-73(76)67-64-61-58-55-53-51-49-47-45-43-41-38-33-31-29-27-25-23-21-19-17-14-11-8-5-2/h8,11,17,19-20,22-23,25-26,28-29,31-32,34,38,41,70H,4-7,9-10,12-16,18,21,24,27,30,33,35-37,39-40,42-69H2,1-3H3/b11-8-,19-17-,22-20-,25-23-,28-26-,31-29-,34-32-,41-38-. The van der Waals surface area contributed by atoms with Crippen molar-refractivity contribution in [2.75, 3.05) is 13.2 Å². The average molecular weight is 1100 g/mol. The molecule has 0 bridgehead atoms. The molecule has 0 amide bonds. The summed E-state index contributed by atoms with van der Waals surface area (Å²) in [6, 6.07) is 0. The minimum Gasteiger partial charge on any atom is -0.462 e. The number of hydrogen-bond acceptors (Lipinski definition) is 6. The van der Waals surface area contributed by atoms with Crippen LogP contribution in [0, 0.1) is 0 Å². The van der Waals surface area contributed by atoms with Gasteiger partial charge >= 0.3 is 17.9 Å². The van der Waals surface area contributed by atoms with Crippen molar-refractivity contribution in [3.63, 3.8) is 0 Å². The monoisotopic (exact) mass is 1100 g/mol. The van der Waals surface area contributed by atoms with Crippen molar-refractivity contribution < 1.29 is 28.6 Å². The number of unbranched alkanes of at least 4 members (excludes halogenated alkanes) is 34. The molecule has 79 heavy (non-hydrogen) atoms. The zero-order chi connectivity index (χ0) is 57.1. The van der Waals surface area contributed by atoms with Crippen LogP contribution in [0.25, 0.3) is 0 Å². The van der Waals surface area contributed by atoms with Crippen molar-refractivity contribution in [2.45, 2.75) is 335 Å². The number of hydrogen-bond donors (Lipinski definition) is 0. The highest BCUT2D eigenvalue weighted by Gasteiger charge is 2.19. The van der Waals surface area contributed by atoms with Gasteiger partial charge in [-0.15, -0.1) is 0 Å². The van der Waals surface area contributed by atoms with Crippen molar-refractivity contribution in [3.8, 4) is 0 Å². The number of carbonyl (C=O) groups is 3. The van der Waals surface area contributed by atoms with E-state index >= 15 is 0 Å². The first kappa shape index (κ1) is 75.3. The van der Waals surface area contributed by atoms with E-state index in [2.05, 4.69) is 118 Å². The zero-order valence-corrected chi connectivity index (χ0v) is 52.1. The molecule has 0 aliphatic carbocycles. The Morgan fingerprint density at radius 2 is 0.494 bits per heavy atom. The summed E-state index contributed by atoms with van der Waals surface area (Å²) in [6.07, 6.45) is 90.2. The third kappa shape index (κ3) is 65.0. The van der Waals surface area contributed by atoms with Gasteiger partial charge in [0, 0.05) is 19.3 Å². The fourth-order valence-electron chi connectivity index (χ4n) is 9.54. The van der Waals surface area contributed by atoms with E-state index in [1.807, 2.05) is 0 Å². The van der Waals surface area contributed by atoms with E-state index in [-0.39, 0.29) is 31.1 Å². The highest BCUT2D eigenvalue weighted by molar-refractivity contribution is 5.71. The Balaban J connectivity index is 4.11. The largest absolute Gasteiger partial charge is 0.462 e. The molecule has 6 heteroatoms. The van der Waals surface area contributed by atoms with Crippen LogP contribution in [0.5, 0.6) is 0 Å². The van der Waals surface area contributed by atoms with Crippen LogP contribution < -0.4 is 0 Å². The molecule has 0 aromatic rings. The van der Waals surface area contributed by atoms with Crippen molar-refractivity contribution in [3.05, 3.63) is 97.2 Å². The Morgan fingerprint density at radius 3 is 0.772 bits per heavy atom. The molecule has 1 atom stereocenters. The Kier molecular flexibility index (Phi) is 63.7. The van der Waals surface area contributed by atoms with Gasteiger partial charge in [0.15, 0.2) is 6.10 Å². The molecule has 0 saturated carbocycles. The SMILES string of the molecule is CC/C=C\C/C=C\C/C=C\C/C=C\C/C=C\CCCCCCCCCCCC(=O)OC(COC(=O)CCCCCCCCC)COC(=O)CCCCCCCCCCCCCCCC/C=C\C/C=C\C/C=C\CCCCCCC. The fraction of sp³-hybridized carbons (Fsp3) is 0.740. The molecule has 0 fully saturated rings. The first-order valence-electron chi connectivity index (χ1n) is 33.7. The van der Waals surface area contributed by atoms with Gasteiger partial charge in [-0.25, -0.2) is 0 Å². The minimum absolute atomic E-state index is 0.0779. The molecule has 0 aliphatic heterocycles. The van der Waals surface area contributed by atoms with E-state index < -0.39 is 6.10 Å². The van der Waals surface area contributed by atoms with Gasteiger partial charge in [-0.1, -0.05) is 304 Å². The van der Waals surface area contributed by atoms with E-state index in [0.29, 0.717) is 19.3 Å². The maximum atomic E-state index is 12.9. The third-order valence-corrected chi connectivity index (χ3v) is 14.6. The number of rotatable bonds is 61. The molecule has 0 aliphatic rings. The van der Waals surface area contributed by atoms with E-state index in [1.54, 1.807) is 0 Å². The van der Waals surface area contributed by atoms with E-state index in [4.69, 9.17) is 14.2 Å². The minimum atomic E-state index is -0.779. The molecule has 6 nitrogen and oxygen atoms in total. The molecule has 0 aromatic carbocycles. The van der Waals surface area contributed by atoms with Gasteiger partial charge in [0.25, 0.3) is 0 Å². The van der Waals surface area contributed by atoms with Crippen LogP contribution in [0.4, 0.5) is 0 Å².